The van der Waals surface area contributed by atoms with Crippen molar-refractivity contribution in [3.05, 3.63) is 35.7 Å². The second-order valence-electron chi connectivity index (χ2n) is 8.58. The van der Waals surface area contributed by atoms with Crippen LogP contribution in [0, 0.1) is 5.92 Å². The number of aromatic nitrogens is 4. The van der Waals surface area contributed by atoms with Gasteiger partial charge in [0.05, 0.1) is 11.6 Å². The fourth-order valence-corrected chi connectivity index (χ4v) is 4.09. The lowest BCUT2D eigenvalue weighted by Gasteiger charge is -2.30. The van der Waals surface area contributed by atoms with E-state index >= 15 is 0 Å². The fourth-order valence-electron chi connectivity index (χ4n) is 4.09. The van der Waals surface area contributed by atoms with Crippen LogP contribution < -0.4 is 15.4 Å². The largest absolute Gasteiger partial charge is 0.471 e. The third-order valence-corrected chi connectivity index (χ3v) is 5.88. The van der Waals surface area contributed by atoms with E-state index in [-0.39, 0.29) is 48.4 Å². The lowest BCUT2D eigenvalue weighted by molar-refractivity contribution is -0.182. The van der Waals surface area contributed by atoms with Gasteiger partial charge in [-0.05, 0) is 43.9 Å². The van der Waals surface area contributed by atoms with Gasteiger partial charge in [-0.15, -0.1) is 0 Å². The first-order valence-electron chi connectivity index (χ1n) is 11.3. The van der Waals surface area contributed by atoms with Crippen LogP contribution in [0.25, 0.3) is 11.2 Å². The second kappa shape index (κ2) is 10.6. The van der Waals surface area contributed by atoms with Gasteiger partial charge >= 0.3 is 12.4 Å². The summed E-state index contributed by atoms with van der Waals surface area (Å²) in [7, 11) is 0. The SMILES string of the molecule is O=C(NC1CCC(C(F)(F)F)CC1)c1cc2nc(Nc3cccnc3C(F)(F)F)[nH]c2nc1OCC(F)F. The van der Waals surface area contributed by atoms with Crippen LogP contribution in [-0.4, -0.2) is 51.1 Å². The molecule has 0 radical (unpaired) electrons. The highest BCUT2D eigenvalue weighted by Gasteiger charge is 2.41. The summed E-state index contributed by atoms with van der Waals surface area (Å²) in [5.41, 5.74) is -2.06. The molecule has 1 aliphatic rings. The molecule has 0 aliphatic heterocycles. The zero-order valence-corrected chi connectivity index (χ0v) is 19.3. The quantitative estimate of drug-likeness (QED) is 0.329. The van der Waals surface area contributed by atoms with Crippen LogP contribution in [-0.2, 0) is 6.18 Å². The number of hydrogen-bond donors (Lipinski definition) is 3. The number of ether oxygens (including phenoxy) is 1. The van der Waals surface area contributed by atoms with Gasteiger partial charge in [-0.2, -0.15) is 31.3 Å². The number of amides is 1. The first kappa shape index (κ1) is 27.3. The summed E-state index contributed by atoms with van der Waals surface area (Å²) in [6, 6.07) is 2.91. The molecule has 3 heterocycles. The molecule has 1 fully saturated rings. The minimum absolute atomic E-state index is 0.0136. The Hall–Kier alpha value is -3.72. The molecular formula is C22H20F8N6O2. The maximum atomic E-state index is 13.2. The van der Waals surface area contributed by atoms with Crippen molar-refractivity contribution in [2.75, 3.05) is 11.9 Å². The van der Waals surface area contributed by atoms with Gasteiger partial charge in [-0.1, -0.05) is 0 Å². The summed E-state index contributed by atoms with van der Waals surface area (Å²) in [4.78, 5) is 26.9. The number of imidazole rings is 1. The zero-order valence-electron chi connectivity index (χ0n) is 19.3. The van der Waals surface area contributed by atoms with Crippen molar-refractivity contribution in [3.63, 3.8) is 0 Å². The molecule has 3 aromatic heterocycles. The highest BCUT2D eigenvalue weighted by atomic mass is 19.4. The molecule has 38 heavy (non-hydrogen) atoms. The number of carbonyl (C=O) groups excluding carboxylic acids is 1. The Bertz CT molecular complexity index is 1290. The minimum Gasteiger partial charge on any atom is -0.471 e. The van der Waals surface area contributed by atoms with Gasteiger partial charge in [0, 0.05) is 12.2 Å². The number of nitrogens with zero attached hydrogens (tertiary/aromatic N) is 3. The van der Waals surface area contributed by atoms with Crippen LogP contribution >= 0.6 is 0 Å². The molecule has 8 nitrogen and oxygen atoms in total. The van der Waals surface area contributed by atoms with Gasteiger partial charge in [-0.3, -0.25) is 4.79 Å². The number of carbonyl (C=O) groups is 1. The minimum atomic E-state index is -4.77. The van der Waals surface area contributed by atoms with Crippen molar-refractivity contribution in [2.45, 2.75) is 50.5 Å². The summed E-state index contributed by atoms with van der Waals surface area (Å²) in [6.45, 7) is -1.11. The average Bonchev–Trinajstić information content (AvgIpc) is 3.22. The molecule has 3 aromatic rings. The number of aromatic amines is 1. The first-order valence-corrected chi connectivity index (χ1v) is 11.3. The zero-order chi connectivity index (χ0) is 27.7. The number of rotatable bonds is 7. The Morgan fingerprint density at radius 3 is 2.45 bits per heavy atom. The highest BCUT2D eigenvalue weighted by Crippen LogP contribution is 2.38. The van der Waals surface area contributed by atoms with Gasteiger partial charge in [0.2, 0.25) is 11.8 Å². The Morgan fingerprint density at radius 1 is 1.11 bits per heavy atom. The number of H-pyrrole nitrogens is 1. The molecule has 4 rings (SSSR count). The van der Waals surface area contributed by atoms with E-state index in [1.54, 1.807) is 0 Å². The Balaban J connectivity index is 1.58. The topological polar surface area (TPSA) is 105 Å². The van der Waals surface area contributed by atoms with Gasteiger partial charge < -0.3 is 20.4 Å². The number of halogens is 8. The number of anilines is 2. The lowest BCUT2D eigenvalue weighted by Crippen LogP contribution is -2.40. The number of fused-ring (bicyclic) bond motifs is 1. The predicted molar refractivity (Wildman–Crippen MR) is 117 cm³/mol. The van der Waals surface area contributed by atoms with Crippen molar-refractivity contribution in [1.82, 2.24) is 25.3 Å². The molecule has 1 aliphatic carbocycles. The van der Waals surface area contributed by atoms with Gasteiger partial charge in [0.1, 0.15) is 11.1 Å². The average molecular weight is 552 g/mol. The summed E-state index contributed by atoms with van der Waals surface area (Å²) in [5.74, 6) is -3.02. The van der Waals surface area contributed by atoms with E-state index in [4.69, 9.17) is 4.74 Å². The number of pyridine rings is 2. The molecule has 206 valence electrons. The van der Waals surface area contributed by atoms with Crippen molar-refractivity contribution < 1.29 is 44.7 Å². The monoisotopic (exact) mass is 552 g/mol. The standard InChI is InChI=1S/C22H20F8N6O2/c23-15(24)9-38-19-12(18(37)32-11-5-3-10(4-6-11)21(25,26)27)8-14-17(35-19)36-20(34-14)33-13-2-1-7-31-16(13)22(28,29)30/h1-2,7-8,10-11,15H,3-6,9H2,(H,32,37)(H2,33,34,35,36). The number of nitrogens with one attached hydrogen (secondary N) is 3. The molecular weight excluding hydrogens is 532 g/mol. The molecule has 0 bridgehead atoms. The van der Waals surface area contributed by atoms with E-state index in [0.29, 0.717) is 0 Å². The summed E-state index contributed by atoms with van der Waals surface area (Å²) in [5, 5.41) is 5.00. The molecule has 0 unspecified atom stereocenters. The van der Waals surface area contributed by atoms with Crippen LogP contribution in [0.15, 0.2) is 24.4 Å². The predicted octanol–water partition coefficient (Wildman–Crippen LogP) is 5.61. The van der Waals surface area contributed by atoms with Crippen LogP contribution in [0.5, 0.6) is 5.88 Å². The molecule has 1 saturated carbocycles. The third kappa shape index (κ3) is 6.39. The molecule has 16 heteroatoms. The van der Waals surface area contributed by atoms with E-state index in [1.165, 1.54) is 6.07 Å². The normalized spacial score (nSPS) is 18.6. The molecule has 0 spiro atoms. The van der Waals surface area contributed by atoms with Gasteiger partial charge in [-0.25, -0.2) is 18.7 Å². The van der Waals surface area contributed by atoms with Crippen molar-refractivity contribution in [2.24, 2.45) is 5.92 Å². The lowest BCUT2D eigenvalue weighted by atomic mass is 9.85. The van der Waals surface area contributed by atoms with Crippen LogP contribution in [0.1, 0.15) is 41.7 Å². The molecule has 3 N–H and O–H groups in total. The van der Waals surface area contributed by atoms with Crippen LogP contribution in [0.2, 0.25) is 0 Å². The molecule has 0 atom stereocenters. The van der Waals surface area contributed by atoms with Crippen LogP contribution in [0.3, 0.4) is 0 Å². The Kier molecular flexibility index (Phi) is 7.60. The maximum absolute atomic E-state index is 13.2. The van der Waals surface area contributed by atoms with Crippen molar-refractivity contribution in [3.8, 4) is 5.88 Å². The van der Waals surface area contributed by atoms with Gasteiger partial charge in [0.25, 0.3) is 12.3 Å². The van der Waals surface area contributed by atoms with E-state index < -0.39 is 60.5 Å². The van der Waals surface area contributed by atoms with E-state index in [9.17, 15) is 39.9 Å². The Morgan fingerprint density at radius 2 is 1.82 bits per heavy atom. The van der Waals surface area contributed by atoms with Crippen LogP contribution in [0.4, 0.5) is 46.8 Å². The number of alkyl halides is 8. The van der Waals surface area contributed by atoms with E-state index in [2.05, 4.69) is 30.6 Å². The summed E-state index contributed by atoms with van der Waals surface area (Å²) < 4.78 is 109. The highest BCUT2D eigenvalue weighted by molar-refractivity contribution is 5.99. The smallest absolute Gasteiger partial charge is 0.435 e. The fraction of sp³-hybridized carbons (Fsp3) is 0.455. The molecule has 0 aromatic carbocycles. The Labute approximate surface area is 209 Å². The maximum Gasteiger partial charge on any atom is 0.435 e. The van der Waals surface area contributed by atoms with Gasteiger partial charge in [0.15, 0.2) is 17.9 Å². The second-order valence-corrected chi connectivity index (χ2v) is 8.58. The molecule has 1 amide bonds. The van der Waals surface area contributed by atoms with Crippen molar-refractivity contribution in [1.29, 1.82) is 0 Å². The van der Waals surface area contributed by atoms with E-state index in [1.807, 2.05) is 0 Å². The van der Waals surface area contributed by atoms with Crippen molar-refractivity contribution >= 4 is 28.7 Å². The summed E-state index contributed by atoms with van der Waals surface area (Å²) in [6.07, 6.45) is -11.3. The third-order valence-electron chi connectivity index (χ3n) is 5.88. The van der Waals surface area contributed by atoms with E-state index in [0.717, 1.165) is 18.3 Å². The molecule has 0 saturated heterocycles. The summed E-state index contributed by atoms with van der Waals surface area (Å²) >= 11 is 0. The first-order chi connectivity index (χ1) is 17.8. The number of hydrogen-bond acceptors (Lipinski definition) is 6.